The van der Waals surface area contributed by atoms with E-state index in [1.54, 1.807) is 13.1 Å². The van der Waals surface area contributed by atoms with E-state index in [2.05, 4.69) is 10.1 Å². The van der Waals surface area contributed by atoms with Crippen molar-refractivity contribution in [1.82, 2.24) is 9.78 Å². The molecule has 0 saturated carbocycles. The van der Waals surface area contributed by atoms with E-state index in [0.717, 1.165) is 5.56 Å². The molecule has 0 fully saturated rings. The van der Waals surface area contributed by atoms with Crippen LogP contribution >= 0.6 is 0 Å². The van der Waals surface area contributed by atoms with Crippen LogP contribution in [0.4, 0.5) is 5.69 Å². The first-order valence-electron chi connectivity index (χ1n) is 7.66. The highest BCUT2D eigenvalue weighted by atomic mass is 16.6. The number of hydrogen-bond acceptors (Lipinski definition) is 4. The Balaban J connectivity index is 1.85. The molecule has 1 heterocycles. The lowest BCUT2D eigenvalue weighted by Crippen LogP contribution is -2.17. The highest BCUT2D eigenvalue weighted by molar-refractivity contribution is 5.80. The van der Waals surface area contributed by atoms with E-state index < -0.39 is 4.92 Å². The summed E-state index contributed by atoms with van der Waals surface area (Å²) in [6, 6.07) is 15.5. The van der Waals surface area contributed by atoms with E-state index in [4.69, 9.17) is 0 Å². The van der Waals surface area contributed by atoms with E-state index in [9.17, 15) is 14.9 Å². The molecule has 0 radical (unpaired) electrons. The Hall–Kier alpha value is -3.48. The van der Waals surface area contributed by atoms with Gasteiger partial charge in [-0.1, -0.05) is 30.3 Å². The molecule has 3 rings (SSSR count). The molecule has 0 unspecified atom stereocenters. The molecule has 7 nitrogen and oxygen atoms in total. The van der Waals surface area contributed by atoms with E-state index >= 15 is 0 Å². The molecule has 3 aromatic rings. The fourth-order valence-electron chi connectivity index (χ4n) is 2.44. The number of H-pyrrole nitrogens is 1. The van der Waals surface area contributed by atoms with Gasteiger partial charge in [0, 0.05) is 24.0 Å². The number of nitrogens with one attached hydrogen (secondary N) is 1. The van der Waals surface area contributed by atoms with Gasteiger partial charge in [-0.05, 0) is 24.6 Å². The van der Waals surface area contributed by atoms with Crippen molar-refractivity contribution in [2.45, 2.75) is 13.5 Å². The molecular weight excluding hydrogens is 320 g/mol. The Labute approximate surface area is 143 Å². The second-order valence-corrected chi connectivity index (χ2v) is 5.52. The summed E-state index contributed by atoms with van der Waals surface area (Å²) < 4.78 is 1.35. The monoisotopic (exact) mass is 336 g/mol. The van der Waals surface area contributed by atoms with Crippen molar-refractivity contribution < 1.29 is 4.92 Å². The van der Waals surface area contributed by atoms with Crippen LogP contribution in [0.2, 0.25) is 0 Å². The van der Waals surface area contributed by atoms with Gasteiger partial charge in [-0.25, -0.2) is 4.68 Å². The van der Waals surface area contributed by atoms with Crippen molar-refractivity contribution >= 4 is 11.9 Å². The molecule has 7 heteroatoms. The molecule has 0 bridgehead atoms. The predicted molar refractivity (Wildman–Crippen MR) is 95.5 cm³/mol. The number of benzene rings is 2. The molecule has 1 aromatic heterocycles. The molecule has 0 aliphatic rings. The lowest BCUT2D eigenvalue weighted by atomic mass is 10.2. The Morgan fingerprint density at radius 2 is 1.84 bits per heavy atom. The van der Waals surface area contributed by atoms with Gasteiger partial charge in [0.05, 0.1) is 22.7 Å². The van der Waals surface area contributed by atoms with Crippen LogP contribution in [-0.2, 0) is 6.54 Å². The third-order valence-electron chi connectivity index (χ3n) is 3.77. The van der Waals surface area contributed by atoms with Crippen LogP contribution in [0.15, 0.2) is 64.4 Å². The standard InChI is InChI=1S/C18H16N4O3/c1-13-17(12-19-11-14-5-3-2-4-6-14)18(23)21(20-13)15-7-9-16(10-8-15)22(24)25/h2-10,12,20H,11H2,1H3. The Morgan fingerprint density at radius 3 is 2.48 bits per heavy atom. The van der Waals surface area contributed by atoms with Crippen molar-refractivity contribution in [3.8, 4) is 5.69 Å². The van der Waals surface area contributed by atoms with Gasteiger partial charge in [0.15, 0.2) is 0 Å². The lowest BCUT2D eigenvalue weighted by molar-refractivity contribution is -0.384. The summed E-state index contributed by atoms with van der Waals surface area (Å²) in [7, 11) is 0. The van der Waals surface area contributed by atoms with Gasteiger partial charge in [0.1, 0.15) is 0 Å². The molecule has 0 aliphatic carbocycles. The summed E-state index contributed by atoms with van der Waals surface area (Å²) in [6.45, 7) is 2.27. The zero-order chi connectivity index (χ0) is 17.8. The maximum Gasteiger partial charge on any atom is 0.280 e. The zero-order valence-corrected chi connectivity index (χ0v) is 13.5. The quantitative estimate of drug-likeness (QED) is 0.441. The summed E-state index contributed by atoms with van der Waals surface area (Å²) in [5, 5.41) is 13.7. The van der Waals surface area contributed by atoms with Gasteiger partial charge >= 0.3 is 0 Å². The van der Waals surface area contributed by atoms with E-state index in [-0.39, 0.29) is 11.2 Å². The molecular formula is C18H16N4O3. The van der Waals surface area contributed by atoms with Gasteiger partial charge in [0.2, 0.25) is 0 Å². The largest absolute Gasteiger partial charge is 0.295 e. The van der Waals surface area contributed by atoms with Crippen LogP contribution < -0.4 is 5.56 Å². The SMILES string of the molecule is Cc1[nH]n(-c2ccc([N+](=O)[O-])cc2)c(=O)c1C=NCc1ccccc1. The number of rotatable bonds is 5. The number of aryl methyl sites for hydroxylation is 1. The second-order valence-electron chi connectivity index (χ2n) is 5.52. The summed E-state index contributed by atoms with van der Waals surface area (Å²) >= 11 is 0. The normalized spacial score (nSPS) is 11.1. The number of non-ortho nitro benzene ring substituents is 1. The highest BCUT2D eigenvalue weighted by Gasteiger charge is 2.12. The fourth-order valence-corrected chi connectivity index (χ4v) is 2.44. The van der Waals surface area contributed by atoms with E-state index in [1.807, 2.05) is 30.3 Å². The predicted octanol–water partition coefficient (Wildman–Crippen LogP) is 3.00. The van der Waals surface area contributed by atoms with E-state index in [0.29, 0.717) is 23.5 Å². The number of nitrogens with zero attached hydrogens (tertiary/aromatic N) is 3. The first kappa shape index (κ1) is 16.4. The third kappa shape index (κ3) is 3.55. The molecule has 1 N–H and O–H groups in total. The number of nitro benzene ring substituents is 1. The van der Waals surface area contributed by atoms with Gasteiger partial charge < -0.3 is 0 Å². The lowest BCUT2D eigenvalue weighted by Gasteiger charge is -2.00. The number of nitro groups is 1. The van der Waals surface area contributed by atoms with Crippen LogP contribution in [0.5, 0.6) is 0 Å². The molecule has 0 aliphatic heterocycles. The van der Waals surface area contributed by atoms with Crippen LogP contribution in [0.3, 0.4) is 0 Å². The number of aromatic amines is 1. The minimum atomic E-state index is -0.478. The third-order valence-corrected chi connectivity index (χ3v) is 3.77. The summed E-state index contributed by atoms with van der Waals surface area (Å²) in [5.41, 5.74) is 2.46. The average Bonchev–Trinajstić information content (AvgIpc) is 2.91. The molecule has 0 amide bonds. The number of aliphatic imine (C=N–C) groups is 1. The summed E-state index contributed by atoms with van der Waals surface area (Å²) in [5.74, 6) is 0. The Bertz CT molecular complexity index is 970. The molecule has 0 atom stereocenters. The smallest absolute Gasteiger partial charge is 0.280 e. The van der Waals surface area contributed by atoms with E-state index in [1.165, 1.54) is 28.9 Å². The van der Waals surface area contributed by atoms with Crippen LogP contribution in [0, 0.1) is 17.0 Å². The Kier molecular flexibility index (Phi) is 4.56. The molecule has 2 aromatic carbocycles. The van der Waals surface area contributed by atoms with Crippen molar-refractivity contribution in [2.75, 3.05) is 0 Å². The van der Waals surface area contributed by atoms with Crippen LogP contribution in [0.25, 0.3) is 5.69 Å². The zero-order valence-electron chi connectivity index (χ0n) is 13.5. The topological polar surface area (TPSA) is 93.3 Å². The first-order valence-corrected chi connectivity index (χ1v) is 7.66. The highest BCUT2D eigenvalue weighted by Crippen LogP contribution is 2.14. The van der Waals surface area contributed by atoms with Gasteiger partial charge in [-0.2, -0.15) is 0 Å². The van der Waals surface area contributed by atoms with Gasteiger partial charge in [-0.3, -0.25) is 25.0 Å². The molecule has 0 spiro atoms. The minimum Gasteiger partial charge on any atom is -0.295 e. The van der Waals surface area contributed by atoms with Gasteiger partial charge in [-0.15, -0.1) is 0 Å². The number of hydrogen-bond donors (Lipinski definition) is 1. The Morgan fingerprint density at radius 1 is 1.16 bits per heavy atom. The fraction of sp³-hybridized carbons (Fsp3) is 0.111. The van der Waals surface area contributed by atoms with Crippen molar-refractivity contribution in [3.05, 3.63) is 91.9 Å². The summed E-state index contributed by atoms with van der Waals surface area (Å²) in [4.78, 5) is 27.1. The minimum absolute atomic E-state index is 0.0234. The average molecular weight is 336 g/mol. The molecule has 126 valence electrons. The number of aromatic nitrogens is 2. The van der Waals surface area contributed by atoms with Crippen molar-refractivity contribution in [3.63, 3.8) is 0 Å². The van der Waals surface area contributed by atoms with Crippen molar-refractivity contribution in [2.24, 2.45) is 4.99 Å². The maximum absolute atomic E-state index is 12.6. The maximum atomic E-state index is 12.6. The van der Waals surface area contributed by atoms with Gasteiger partial charge in [0.25, 0.3) is 11.2 Å². The summed E-state index contributed by atoms with van der Waals surface area (Å²) in [6.07, 6.45) is 1.56. The molecule has 0 saturated heterocycles. The van der Waals surface area contributed by atoms with Crippen LogP contribution in [0.1, 0.15) is 16.8 Å². The van der Waals surface area contributed by atoms with Crippen LogP contribution in [-0.4, -0.2) is 20.9 Å². The van der Waals surface area contributed by atoms with Crippen molar-refractivity contribution in [1.29, 1.82) is 0 Å². The second kappa shape index (κ2) is 6.96. The molecule has 25 heavy (non-hydrogen) atoms. The first-order chi connectivity index (χ1) is 12.1.